The smallest absolute Gasteiger partial charge is 0.252 e. The Morgan fingerprint density at radius 3 is 1.27 bits per heavy atom. The first kappa shape index (κ1) is 63.6. The zero-order valence-corrected chi connectivity index (χ0v) is 67.4. The number of thiophene rings is 2. The Hall–Kier alpha value is -12.0. The van der Waals surface area contributed by atoms with Crippen molar-refractivity contribution in [1.29, 1.82) is 0 Å². The zero-order valence-electron chi connectivity index (χ0n) is 70.7. The van der Waals surface area contributed by atoms with Gasteiger partial charge in [0, 0.05) is 102 Å². The van der Waals surface area contributed by atoms with Gasteiger partial charge in [-0.25, -0.2) is 0 Å². The average molecular weight is 1500 g/mol. The molecule has 2 aliphatic rings. The van der Waals surface area contributed by atoms with Gasteiger partial charge >= 0.3 is 0 Å². The van der Waals surface area contributed by atoms with Crippen molar-refractivity contribution in [3.8, 4) is 55.9 Å². The van der Waals surface area contributed by atoms with Crippen LogP contribution < -0.4 is 26.2 Å². The molecule has 546 valence electrons. The molecule has 4 aromatic heterocycles. The van der Waals surface area contributed by atoms with Crippen molar-refractivity contribution in [2.75, 3.05) is 9.80 Å². The van der Waals surface area contributed by atoms with Gasteiger partial charge in [0.25, 0.3) is 6.71 Å². The van der Waals surface area contributed by atoms with E-state index in [2.05, 4.69) is 375 Å². The molecule has 2 aliphatic heterocycles. The van der Waals surface area contributed by atoms with Crippen molar-refractivity contribution < 1.29 is 6.85 Å². The number of benzene rings is 15. The van der Waals surface area contributed by atoms with Crippen LogP contribution in [0.5, 0.6) is 0 Å². The van der Waals surface area contributed by atoms with E-state index in [9.17, 15) is 5.48 Å². The van der Waals surface area contributed by atoms with Crippen LogP contribution in [0.4, 0.5) is 34.1 Å². The molecule has 15 aromatic carbocycles. The second-order valence-electron chi connectivity index (χ2n) is 35.3. The molecule has 0 atom stereocenters. The van der Waals surface area contributed by atoms with Gasteiger partial charge in [0.05, 0.1) is 50.7 Å². The summed E-state index contributed by atoms with van der Waals surface area (Å²) < 4.78 is 56.6. The normalized spacial score (nSPS) is 13.9. The molecule has 0 N–H and O–H groups in total. The van der Waals surface area contributed by atoms with Crippen molar-refractivity contribution in [3.05, 3.63) is 332 Å². The van der Waals surface area contributed by atoms with E-state index in [0.29, 0.717) is 5.56 Å². The van der Waals surface area contributed by atoms with E-state index in [1.807, 2.05) is 28.7 Å². The van der Waals surface area contributed by atoms with Crippen LogP contribution in [-0.2, 0) is 21.7 Å². The van der Waals surface area contributed by atoms with Crippen molar-refractivity contribution in [3.63, 3.8) is 0 Å². The number of fused-ring (bicyclic) bond motifs is 16. The fraction of sp³-hybridized carbons (Fsp3) is 0.151. The van der Waals surface area contributed by atoms with Crippen LogP contribution in [0.25, 0.3) is 140 Å². The fourth-order valence-corrected chi connectivity index (χ4v) is 20.9. The highest BCUT2D eigenvalue weighted by Crippen LogP contribution is 2.55. The molecule has 0 bridgehead atoms. The van der Waals surface area contributed by atoms with E-state index in [1.165, 1.54) is 79.8 Å². The molecule has 0 aliphatic carbocycles. The van der Waals surface area contributed by atoms with Gasteiger partial charge in [-0.3, -0.25) is 0 Å². The highest BCUT2D eigenvalue weighted by atomic mass is 32.1. The number of hydrogen-bond acceptors (Lipinski definition) is 4. The molecule has 4 nitrogen and oxygen atoms in total. The summed E-state index contributed by atoms with van der Waals surface area (Å²) in [6.07, 6.45) is 0. The van der Waals surface area contributed by atoms with E-state index in [0.717, 1.165) is 122 Å². The number of hydrogen-bond donors (Lipinski definition) is 0. The highest BCUT2D eigenvalue weighted by Gasteiger charge is 2.45. The van der Waals surface area contributed by atoms with Crippen LogP contribution in [0, 0.1) is 0 Å². The summed E-state index contributed by atoms with van der Waals surface area (Å²) >= 11 is 3.67. The van der Waals surface area contributed by atoms with E-state index < -0.39 is 12.8 Å². The van der Waals surface area contributed by atoms with Crippen LogP contribution in [0.1, 0.15) is 112 Å². The molecule has 19 aromatic rings. The predicted molar refractivity (Wildman–Crippen MR) is 491 cm³/mol. The van der Waals surface area contributed by atoms with Gasteiger partial charge in [0.1, 0.15) is 0 Å². The number of nitrogens with zero attached hydrogens (tertiary/aromatic N) is 4. The van der Waals surface area contributed by atoms with Crippen LogP contribution in [0.3, 0.4) is 0 Å². The first-order valence-corrected chi connectivity index (χ1v) is 41.2. The van der Waals surface area contributed by atoms with Crippen LogP contribution in [-0.4, -0.2) is 15.8 Å². The molecule has 7 heteroatoms. The summed E-state index contributed by atoms with van der Waals surface area (Å²) in [5.41, 5.74) is 27.2. The molecule has 0 spiro atoms. The van der Waals surface area contributed by atoms with Gasteiger partial charge in [0.15, 0.2) is 0 Å². The van der Waals surface area contributed by atoms with Crippen molar-refractivity contribution in [1.82, 2.24) is 9.13 Å². The molecular formula is C106H87BN4S2. The average Bonchev–Trinajstić information content (AvgIpc) is 0.806. The summed E-state index contributed by atoms with van der Waals surface area (Å²) in [6.45, 7) is 27.2. The third-order valence-corrected chi connectivity index (χ3v) is 26.7. The summed E-state index contributed by atoms with van der Waals surface area (Å²) in [4.78, 5) is 5.09. The minimum Gasteiger partial charge on any atom is -0.311 e. The molecule has 0 amide bonds. The molecule has 6 heterocycles. The van der Waals surface area contributed by atoms with Crippen LogP contribution in [0.2, 0.25) is 0 Å². The molecule has 0 radical (unpaired) electrons. The minimum absolute atomic E-state index is 0.108. The third kappa shape index (κ3) is 11.0. The lowest BCUT2D eigenvalue weighted by molar-refractivity contribution is 0.590. The Balaban J connectivity index is 0.927. The third-order valence-electron chi connectivity index (χ3n) is 24.2. The Bertz CT molecular complexity index is 7330. The fourth-order valence-electron chi connectivity index (χ4n) is 18.3. The van der Waals surface area contributed by atoms with Gasteiger partial charge in [-0.15, -0.1) is 22.7 Å². The lowest BCUT2D eigenvalue weighted by atomic mass is 9.33. The first-order chi connectivity index (χ1) is 56.6. The van der Waals surface area contributed by atoms with Gasteiger partial charge in [0.2, 0.25) is 0 Å². The maximum atomic E-state index is 9.74. The monoisotopic (exact) mass is 1500 g/mol. The first-order valence-electron chi connectivity index (χ1n) is 42.1. The van der Waals surface area contributed by atoms with Gasteiger partial charge in [-0.1, -0.05) is 289 Å². The quantitative estimate of drug-likeness (QED) is 0.141. The van der Waals surface area contributed by atoms with E-state index in [1.54, 1.807) is 0 Å². The summed E-state index contributed by atoms with van der Waals surface area (Å²) in [6, 6.07) is 103. The minimum atomic E-state index is -0.442. The standard InChI is InChI=1S/C106H87BN4S2/c1-103(2,3)69-43-51-89-82(57-69)83-58-70(104(4,5)6)44-52-90(83)108(89)73-47-49-87-95(61-73)110(88-50-42-67(64-27-16-13-17-28-64)55-81(88)66-31-20-15-21-32-66)96-62-74(109-91-53-45-71(105(7,8)9)59-84(91)85-60-72(106(10,11)12)46-54-92(85)109)63-97-99(96)107(87)86-48-41-68(65-29-18-14-19-30-65)56-94(86)111(97)93-39-26-38-80-79-37-25-36-78(101(79)113-102(80)93)77-35-24-34-76-75-33-22-23-40-98(75)112-100(76)77/h13-63H,1-12H3/i14D,18D,19D,29D,30D. The lowest BCUT2D eigenvalue weighted by Crippen LogP contribution is -2.61. The van der Waals surface area contributed by atoms with E-state index in [-0.39, 0.29) is 51.4 Å². The maximum Gasteiger partial charge on any atom is 0.252 e. The molecule has 113 heavy (non-hydrogen) atoms. The molecule has 0 fully saturated rings. The maximum absolute atomic E-state index is 9.74. The van der Waals surface area contributed by atoms with Gasteiger partial charge in [-0.05, 0) is 191 Å². The van der Waals surface area contributed by atoms with Crippen LogP contribution >= 0.6 is 22.7 Å². The zero-order chi connectivity index (χ0) is 81.2. The topological polar surface area (TPSA) is 16.3 Å². The Morgan fingerprint density at radius 2 is 0.708 bits per heavy atom. The van der Waals surface area contributed by atoms with Gasteiger partial charge < -0.3 is 18.9 Å². The largest absolute Gasteiger partial charge is 0.311 e. The Kier molecular flexibility index (Phi) is 14.2. The number of aromatic nitrogens is 2. The highest BCUT2D eigenvalue weighted by molar-refractivity contribution is 7.27. The second kappa shape index (κ2) is 25.3. The van der Waals surface area contributed by atoms with E-state index in [4.69, 9.17) is 1.37 Å². The van der Waals surface area contributed by atoms with Crippen molar-refractivity contribution >= 4 is 164 Å². The molecule has 0 saturated heterocycles. The molecular weight excluding hydrogens is 1400 g/mol. The van der Waals surface area contributed by atoms with E-state index >= 15 is 0 Å². The number of anilines is 6. The Labute approximate surface area is 677 Å². The molecule has 21 rings (SSSR count). The van der Waals surface area contributed by atoms with Crippen LogP contribution in [0.15, 0.2) is 309 Å². The summed E-state index contributed by atoms with van der Waals surface area (Å²) in [7, 11) is 0. The SMILES string of the molecule is [2H]c1c([2H])c([2H])c(-c2ccc3c(c2)N(c2cccc4c2sc2c(-c5cccc6c5sc5ccccc56)cccc24)c2cc(-n4c5ccc(C(C)(C)C)cc5c5cc(C(C)(C)C)ccc54)cc4c2B3c2ccc(-n3c5ccc(C(C)(C)C)cc5c5cc(C(C)(C)C)ccc53)cc2N4c2ccc(-c3ccccc3)cc2-c2ccccc2)c([2H])c1[2H]. The number of rotatable bonds is 8. The molecule has 0 unspecified atom stereocenters. The summed E-state index contributed by atoms with van der Waals surface area (Å²) in [5.74, 6) is 0. The van der Waals surface area contributed by atoms with Crippen molar-refractivity contribution in [2.24, 2.45) is 0 Å². The van der Waals surface area contributed by atoms with Crippen molar-refractivity contribution in [2.45, 2.75) is 105 Å². The molecule has 0 saturated carbocycles. The predicted octanol–water partition coefficient (Wildman–Crippen LogP) is 28.6. The Morgan fingerprint density at radius 1 is 0.274 bits per heavy atom. The summed E-state index contributed by atoms with van der Waals surface area (Å²) in [5, 5.41) is 9.52. The second-order valence-corrected chi connectivity index (χ2v) is 37.4. The lowest BCUT2D eigenvalue weighted by Gasteiger charge is -2.45. The van der Waals surface area contributed by atoms with Gasteiger partial charge in [-0.2, -0.15) is 0 Å².